The van der Waals surface area contributed by atoms with Crippen LogP contribution in [0.2, 0.25) is 0 Å². The van der Waals surface area contributed by atoms with Crippen LogP contribution in [0, 0.1) is 5.89 Å². The van der Waals surface area contributed by atoms with E-state index in [0.717, 1.165) is 0 Å². The normalized spacial score (nSPS) is 19.8. The molecule has 0 aliphatic rings. The van der Waals surface area contributed by atoms with Gasteiger partial charge in [0.2, 0.25) is 0 Å². The lowest BCUT2D eigenvalue weighted by atomic mass is 9.90. The fourth-order valence-electron chi connectivity index (χ4n) is 0.845. The first-order valence-electron chi connectivity index (χ1n) is 5.00. The molecule has 0 radical (unpaired) electrons. The van der Waals surface area contributed by atoms with Gasteiger partial charge in [0.05, 0.1) is 0 Å². The fourth-order valence-corrected chi connectivity index (χ4v) is 0.845. The van der Waals surface area contributed by atoms with E-state index in [9.17, 15) is 0 Å². The Kier molecular flexibility index (Phi) is 4.24. The van der Waals surface area contributed by atoms with Crippen molar-refractivity contribution in [2.24, 2.45) is 5.89 Å². The highest BCUT2D eigenvalue weighted by Gasteiger charge is 2.21. The minimum absolute atomic E-state index is 0. The maximum atomic E-state index is 7.92. The molecule has 0 aromatic rings. The van der Waals surface area contributed by atoms with Crippen molar-refractivity contribution >= 4 is 12.4 Å². The minimum Gasteiger partial charge on any atom is -0.309 e. The van der Waals surface area contributed by atoms with E-state index in [0.29, 0.717) is 6.04 Å². The molecule has 1 N–H and O–H groups in total. The Bertz CT molecular complexity index is 147. The number of hydrogen-bond donors (Lipinski definition) is 1. The Morgan fingerprint density at radius 2 is 1.82 bits per heavy atom. The molecule has 0 aromatic heterocycles. The lowest BCUT2D eigenvalue weighted by molar-refractivity contribution is 0.267. The van der Waals surface area contributed by atoms with Crippen LogP contribution in [-0.2, 0) is 0 Å². The Hall–Kier alpha value is 0.250. The molecule has 0 saturated heterocycles. The van der Waals surface area contributed by atoms with Crippen LogP contribution in [0.4, 0.5) is 0 Å². The monoisotopic (exact) mass is 183 g/mol. The Balaban J connectivity index is 0. The largest absolute Gasteiger partial charge is 0.309 e. The summed E-state index contributed by atoms with van der Waals surface area (Å²) in [5.74, 6) is -0.725. The number of halogens is 1. The molecule has 0 saturated carbocycles. The van der Waals surface area contributed by atoms with E-state index in [1.54, 1.807) is 6.92 Å². The molecule has 1 nitrogen and oxygen atoms in total. The molecule has 0 aliphatic carbocycles. The molecule has 0 heterocycles. The molecule has 1 atom stereocenters. The molecule has 0 aliphatic heterocycles. The predicted octanol–water partition coefficient (Wildman–Crippen LogP) is 2.84. The summed E-state index contributed by atoms with van der Waals surface area (Å²) in [5.41, 5.74) is -0.303. The SMILES string of the molecule is Cl.[3H]CC([3H])(C)C(C)(C)NC(C)C. The maximum Gasteiger partial charge on any atom is 0.0316 e. The third kappa shape index (κ3) is 5.51. The number of rotatable bonds is 3. The van der Waals surface area contributed by atoms with Crippen LogP contribution in [0.5, 0.6) is 0 Å². The third-order valence-corrected chi connectivity index (χ3v) is 1.72. The van der Waals surface area contributed by atoms with Crippen molar-refractivity contribution in [1.82, 2.24) is 5.32 Å². The van der Waals surface area contributed by atoms with Crippen molar-refractivity contribution < 1.29 is 2.74 Å². The van der Waals surface area contributed by atoms with Crippen molar-refractivity contribution in [2.75, 3.05) is 0 Å². The van der Waals surface area contributed by atoms with Crippen LogP contribution in [0.15, 0.2) is 0 Å². The second kappa shape index (κ2) is 5.00. The zero-order chi connectivity index (χ0) is 9.99. The van der Waals surface area contributed by atoms with Crippen LogP contribution in [0.3, 0.4) is 0 Å². The summed E-state index contributed by atoms with van der Waals surface area (Å²) in [6.45, 7) is 10.0. The van der Waals surface area contributed by atoms with Gasteiger partial charge in [0.25, 0.3) is 0 Å². The maximum absolute atomic E-state index is 7.92. The molecule has 0 rings (SSSR count). The molecule has 11 heavy (non-hydrogen) atoms. The Labute approximate surface area is 80.2 Å². The van der Waals surface area contributed by atoms with Gasteiger partial charge in [0.1, 0.15) is 0 Å². The summed E-state index contributed by atoms with van der Waals surface area (Å²) < 4.78 is 15.2. The lowest BCUT2D eigenvalue weighted by Gasteiger charge is -2.32. The minimum atomic E-state index is -0.725. The summed E-state index contributed by atoms with van der Waals surface area (Å²) in [7, 11) is 0. The predicted molar refractivity (Wildman–Crippen MR) is 54.4 cm³/mol. The molecule has 0 spiro atoms. The fraction of sp³-hybridized carbons (Fsp3) is 1.00. The van der Waals surface area contributed by atoms with Crippen LogP contribution in [0.1, 0.15) is 44.3 Å². The van der Waals surface area contributed by atoms with Gasteiger partial charge in [-0.3, -0.25) is 0 Å². The smallest absolute Gasteiger partial charge is 0.0316 e. The van der Waals surface area contributed by atoms with Crippen LogP contribution in [0.25, 0.3) is 0 Å². The number of nitrogens with one attached hydrogen (secondary N) is 1. The van der Waals surface area contributed by atoms with E-state index in [1.165, 1.54) is 0 Å². The van der Waals surface area contributed by atoms with Crippen molar-refractivity contribution in [1.29, 1.82) is 0 Å². The van der Waals surface area contributed by atoms with Gasteiger partial charge in [-0.15, -0.1) is 12.4 Å². The number of hydrogen-bond acceptors (Lipinski definition) is 1. The summed E-state index contributed by atoms with van der Waals surface area (Å²) in [6.07, 6.45) is 0. The van der Waals surface area contributed by atoms with Crippen molar-refractivity contribution in [2.45, 2.75) is 53.1 Å². The quantitative estimate of drug-likeness (QED) is 0.710. The molecule has 0 bridgehead atoms. The second-order valence-corrected chi connectivity index (χ2v) is 3.70. The van der Waals surface area contributed by atoms with Gasteiger partial charge in [0.15, 0.2) is 0 Å². The first-order valence-corrected chi connectivity index (χ1v) is 3.80. The molecular weight excluding hydrogens is 158 g/mol. The van der Waals surface area contributed by atoms with Crippen molar-refractivity contribution in [3.05, 3.63) is 0 Å². The van der Waals surface area contributed by atoms with Gasteiger partial charge in [-0.05, 0) is 19.7 Å². The third-order valence-electron chi connectivity index (χ3n) is 1.72. The van der Waals surface area contributed by atoms with Crippen LogP contribution < -0.4 is 5.32 Å². The van der Waals surface area contributed by atoms with E-state index >= 15 is 0 Å². The van der Waals surface area contributed by atoms with Crippen LogP contribution in [-0.4, -0.2) is 11.6 Å². The summed E-state index contributed by atoms with van der Waals surface area (Å²) in [6, 6.07) is 0.358. The van der Waals surface area contributed by atoms with E-state index in [2.05, 4.69) is 19.2 Å². The first kappa shape index (κ1) is 9.34. The average Bonchev–Trinajstić information content (AvgIpc) is 1.84. The summed E-state index contributed by atoms with van der Waals surface area (Å²) in [4.78, 5) is 0. The zero-order valence-corrected chi connectivity index (χ0v) is 9.01. The van der Waals surface area contributed by atoms with E-state index < -0.39 is 5.89 Å². The zero-order valence-electron chi connectivity index (χ0n) is 10.2. The highest BCUT2D eigenvalue weighted by molar-refractivity contribution is 5.85. The first-order chi connectivity index (χ1) is 5.23. The molecule has 0 amide bonds. The van der Waals surface area contributed by atoms with E-state index in [1.807, 2.05) is 13.8 Å². The molecule has 70 valence electrons. The van der Waals surface area contributed by atoms with Gasteiger partial charge < -0.3 is 5.32 Å². The summed E-state index contributed by atoms with van der Waals surface area (Å²) >= 11 is 0. The highest BCUT2D eigenvalue weighted by atomic mass is 35.5. The molecular formula is C9H22ClN. The lowest BCUT2D eigenvalue weighted by Crippen LogP contribution is -2.47. The van der Waals surface area contributed by atoms with Gasteiger partial charge in [0, 0.05) is 14.3 Å². The highest BCUT2D eigenvalue weighted by Crippen LogP contribution is 2.15. The summed E-state index contributed by atoms with van der Waals surface area (Å²) in [5, 5.41) is 3.30. The standard InChI is InChI=1S/C9H21N.ClH/c1-7(2)9(5,6)10-8(3)4;/h7-8,10H,1-6H3;1H/i1T,7T;. The van der Waals surface area contributed by atoms with Crippen molar-refractivity contribution in [3.8, 4) is 0 Å². The van der Waals surface area contributed by atoms with Crippen LogP contribution >= 0.6 is 12.4 Å². The topological polar surface area (TPSA) is 12.0 Å². The van der Waals surface area contributed by atoms with Gasteiger partial charge in [-0.25, -0.2) is 0 Å². The molecule has 2 heteroatoms. The molecule has 1 unspecified atom stereocenters. The Morgan fingerprint density at radius 3 is 2.09 bits per heavy atom. The van der Waals surface area contributed by atoms with Gasteiger partial charge >= 0.3 is 0 Å². The van der Waals surface area contributed by atoms with Gasteiger partial charge in [-0.1, -0.05) is 27.7 Å². The van der Waals surface area contributed by atoms with E-state index in [-0.39, 0.29) is 24.8 Å². The van der Waals surface area contributed by atoms with Gasteiger partial charge in [-0.2, -0.15) is 0 Å². The molecule has 0 aromatic carbocycles. The Morgan fingerprint density at radius 1 is 1.36 bits per heavy atom. The van der Waals surface area contributed by atoms with E-state index in [4.69, 9.17) is 2.74 Å². The average molecular weight is 184 g/mol. The van der Waals surface area contributed by atoms with Crippen molar-refractivity contribution in [3.63, 3.8) is 0 Å². The second-order valence-electron chi connectivity index (χ2n) is 3.70. The molecule has 0 fully saturated rings.